The number of anilines is 2. The summed E-state index contributed by atoms with van der Waals surface area (Å²) in [6.45, 7) is 2.69. The molecule has 3 N–H and O–H groups in total. The van der Waals surface area contributed by atoms with Crippen molar-refractivity contribution in [2.24, 2.45) is 5.92 Å². The highest BCUT2D eigenvalue weighted by Gasteiger charge is 2.15. The van der Waals surface area contributed by atoms with Gasteiger partial charge in [-0.25, -0.2) is 4.98 Å². The fraction of sp³-hybridized carbons (Fsp3) is 0.500. The fourth-order valence-electron chi connectivity index (χ4n) is 2.21. The van der Waals surface area contributed by atoms with Crippen molar-refractivity contribution in [2.45, 2.75) is 12.8 Å². The Labute approximate surface area is 109 Å². The lowest BCUT2D eigenvalue weighted by Gasteiger charge is -2.10. The van der Waals surface area contributed by atoms with E-state index in [1.165, 1.54) is 6.42 Å². The molecule has 1 aliphatic rings. The number of rotatable bonds is 4. The van der Waals surface area contributed by atoms with Gasteiger partial charge in [-0.15, -0.1) is 11.3 Å². The predicted octanol–water partition coefficient (Wildman–Crippen LogP) is 2.11. The van der Waals surface area contributed by atoms with Gasteiger partial charge in [0.25, 0.3) is 0 Å². The monoisotopic (exact) mass is 264 g/mol. The number of nitrogens with zero attached hydrogens (tertiary/aromatic N) is 2. The smallest absolute Gasteiger partial charge is 0.223 e. The molecule has 1 saturated heterocycles. The van der Waals surface area contributed by atoms with Crippen LogP contribution in [-0.2, 0) is 4.74 Å². The number of thiophene rings is 1. The summed E-state index contributed by atoms with van der Waals surface area (Å²) < 4.78 is 5.37. The number of fused-ring (bicyclic) bond motifs is 1. The molecule has 1 aliphatic heterocycles. The molecule has 0 radical (unpaired) electrons. The second kappa shape index (κ2) is 5.07. The number of nitrogens with two attached hydrogens (primary N) is 1. The first-order valence-electron chi connectivity index (χ1n) is 6.15. The van der Waals surface area contributed by atoms with Gasteiger partial charge in [0.15, 0.2) is 0 Å². The van der Waals surface area contributed by atoms with E-state index in [1.54, 1.807) is 11.3 Å². The minimum Gasteiger partial charge on any atom is -0.381 e. The Hall–Kier alpha value is -1.40. The van der Waals surface area contributed by atoms with Crippen molar-refractivity contribution >= 4 is 33.3 Å². The lowest BCUT2D eigenvalue weighted by Crippen LogP contribution is -2.11. The number of nitrogens with one attached hydrogen (secondary N) is 1. The second-order valence-electron chi connectivity index (χ2n) is 4.51. The zero-order valence-corrected chi connectivity index (χ0v) is 10.9. The summed E-state index contributed by atoms with van der Waals surface area (Å²) in [5.74, 6) is 1.85. The van der Waals surface area contributed by atoms with Gasteiger partial charge < -0.3 is 15.8 Å². The van der Waals surface area contributed by atoms with Gasteiger partial charge in [0, 0.05) is 19.8 Å². The highest BCUT2D eigenvalue weighted by Crippen LogP contribution is 2.26. The Bertz CT molecular complexity index is 536. The van der Waals surface area contributed by atoms with Crippen LogP contribution in [-0.4, -0.2) is 29.7 Å². The lowest BCUT2D eigenvalue weighted by atomic mass is 10.1. The maximum absolute atomic E-state index is 5.70. The van der Waals surface area contributed by atoms with E-state index >= 15 is 0 Å². The minimum atomic E-state index is 0.330. The number of hydrogen-bond acceptors (Lipinski definition) is 6. The van der Waals surface area contributed by atoms with Gasteiger partial charge in [-0.05, 0) is 30.2 Å². The van der Waals surface area contributed by atoms with Crippen LogP contribution in [0.3, 0.4) is 0 Å². The number of ether oxygens (including phenoxy) is 1. The normalized spacial score (nSPS) is 19.4. The first-order valence-corrected chi connectivity index (χ1v) is 7.03. The minimum absolute atomic E-state index is 0.330. The summed E-state index contributed by atoms with van der Waals surface area (Å²) in [7, 11) is 0. The van der Waals surface area contributed by atoms with Crippen LogP contribution in [0.1, 0.15) is 12.8 Å². The van der Waals surface area contributed by atoms with E-state index < -0.39 is 0 Å². The molecule has 6 heteroatoms. The molecule has 0 bridgehead atoms. The van der Waals surface area contributed by atoms with Crippen molar-refractivity contribution in [1.29, 1.82) is 0 Å². The SMILES string of the molecule is Nc1nc(NCCC2CCOC2)c2ccsc2n1. The number of nitrogen functional groups attached to an aromatic ring is 1. The van der Waals surface area contributed by atoms with Gasteiger partial charge in [-0.1, -0.05) is 0 Å². The Balaban J connectivity index is 1.67. The third-order valence-corrected chi connectivity index (χ3v) is 4.02. The molecule has 0 amide bonds. The van der Waals surface area contributed by atoms with Crippen LogP contribution in [0.4, 0.5) is 11.8 Å². The first-order chi connectivity index (χ1) is 8.83. The van der Waals surface area contributed by atoms with Crippen molar-refractivity contribution in [1.82, 2.24) is 9.97 Å². The standard InChI is InChI=1S/C12H16N4OS/c13-12-15-10(9-3-6-18-11(9)16-12)14-4-1-8-2-5-17-7-8/h3,6,8H,1-2,4-5,7H2,(H3,13,14,15,16). The third-order valence-electron chi connectivity index (χ3n) is 3.21. The lowest BCUT2D eigenvalue weighted by molar-refractivity contribution is 0.185. The van der Waals surface area contributed by atoms with Crippen LogP contribution >= 0.6 is 11.3 Å². The van der Waals surface area contributed by atoms with Crippen LogP contribution in [0.5, 0.6) is 0 Å². The maximum atomic E-state index is 5.70. The van der Waals surface area contributed by atoms with E-state index in [9.17, 15) is 0 Å². The van der Waals surface area contributed by atoms with Gasteiger partial charge >= 0.3 is 0 Å². The molecule has 0 aliphatic carbocycles. The molecular weight excluding hydrogens is 248 g/mol. The number of hydrogen-bond donors (Lipinski definition) is 2. The highest BCUT2D eigenvalue weighted by molar-refractivity contribution is 7.16. The predicted molar refractivity (Wildman–Crippen MR) is 73.9 cm³/mol. The van der Waals surface area contributed by atoms with E-state index in [4.69, 9.17) is 10.5 Å². The topological polar surface area (TPSA) is 73.1 Å². The van der Waals surface area contributed by atoms with Crippen LogP contribution in [0.2, 0.25) is 0 Å². The van der Waals surface area contributed by atoms with Crippen LogP contribution in [0.25, 0.3) is 10.2 Å². The van der Waals surface area contributed by atoms with E-state index in [1.807, 2.05) is 11.4 Å². The summed E-state index contributed by atoms with van der Waals surface area (Å²) in [5.41, 5.74) is 5.70. The molecule has 96 valence electrons. The zero-order chi connectivity index (χ0) is 12.4. The molecule has 3 rings (SSSR count). The quantitative estimate of drug-likeness (QED) is 0.884. The summed E-state index contributed by atoms with van der Waals surface area (Å²) in [5, 5.41) is 6.42. The summed E-state index contributed by atoms with van der Waals surface area (Å²) in [6.07, 6.45) is 2.27. The molecule has 5 nitrogen and oxygen atoms in total. The van der Waals surface area contributed by atoms with Crippen molar-refractivity contribution in [3.8, 4) is 0 Å². The van der Waals surface area contributed by atoms with E-state index in [-0.39, 0.29) is 0 Å². The fourth-order valence-corrected chi connectivity index (χ4v) is 2.98. The zero-order valence-electron chi connectivity index (χ0n) is 10.1. The van der Waals surface area contributed by atoms with Crippen molar-refractivity contribution in [3.05, 3.63) is 11.4 Å². The Morgan fingerprint density at radius 1 is 1.50 bits per heavy atom. The van der Waals surface area contributed by atoms with Gasteiger partial charge in [-0.3, -0.25) is 0 Å². The molecule has 18 heavy (non-hydrogen) atoms. The summed E-state index contributed by atoms with van der Waals surface area (Å²) in [6, 6.07) is 2.03. The Morgan fingerprint density at radius 3 is 3.28 bits per heavy atom. The van der Waals surface area contributed by atoms with Gasteiger partial charge in [0.1, 0.15) is 10.6 Å². The Kier molecular flexibility index (Phi) is 3.29. The van der Waals surface area contributed by atoms with E-state index in [2.05, 4.69) is 15.3 Å². The highest BCUT2D eigenvalue weighted by atomic mass is 32.1. The second-order valence-corrected chi connectivity index (χ2v) is 5.41. The third kappa shape index (κ3) is 2.39. The van der Waals surface area contributed by atoms with Crippen molar-refractivity contribution < 1.29 is 4.74 Å². The number of aromatic nitrogens is 2. The summed E-state index contributed by atoms with van der Waals surface area (Å²) in [4.78, 5) is 9.41. The van der Waals surface area contributed by atoms with Gasteiger partial charge in [0.05, 0.1) is 5.39 Å². The molecule has 1 unspecified atom stereocenters. The van der Waals surface area contributed by atoms with Gasteiger partial charge in [0.2, 0.25) is 5.95 Å². The molecule has 3 heterocycles. The average Bonchev–Trinajstić information content (AvgIpc) is 2.98. The first kappa shape index (κ1) is 11.7. The molecular formula is C12H16N4OS. The molecule has 0 spiro atoms. The maximum Gasteiger partial charge on any atom is 0.223 e. The average molecular weight is 264 g/mol. The molecule has 2 aromatic rings. The molecule has 0 aromatic carbocycles. The molecule has 1 fully saturated rings. The van der Waals surface area contributed by atoms with E-state index in [0.29, 0.717) is 11.9 Å². The van der Waals surface area contributed by atoms with Crippen molar-refractivity contribution in [2.75, 3.05) is 30.8 Å². The van der Waals surface area contributed by atoms with Crippen LogP contribution in [0, 0.1) is 5.92 Å². The molecule has 1 atom stereocenters. The largest absolute Gasteiger partial charge is 0.381 e. The van der Waals surface area contributed by atoms with Gasteiger partial charge in [-0.2, -0.15) is 4.98 Å². The van der Waals surface area contributed by atoms with E-state index in [0.717, 1.165) is 42.2 Å². The van der Waals surface area contributed by atoms with Crippen LogP contribution < -0.4 is 11.1 Å². The molecule has 0 saturated carbocycles. The summed E-state index contributed by atoms with van der Waals surface area (Å²) >= 11 is 1.58. The Morgan fingerprint density at radius 2 is 2.44 bits per heavy atom. The molecule has 2 aromatic heterocycles. The van der Waals surface area contributed by atoms with Crippen molar-refractivity contribution in [3.63, 3.8) is 0 Å². The van der Waals surface area contributed by atoms with Crippen LogP contribution in [0.15, 0.2) is 11.4 Å².